The highest BCUT2D eigenvalue weighted by atomic mass is 16.2. The van der Waals surface area contributed by atoms with Crippen LogP contribution in [-0.4, -0.2) is 35.3 Å². The van der Waals surface area contributed by atoms with Crippen LogP contribution in [0, 0.1) is 0 Å². The Labute approximate surface area is 177 Å². The van der Waals surface area contributed by atoms with Crippen LogP contribution >= 0.6 is 0 Å². The maximum Gasteiger partial charge on any atom is 0.325 e. The van der Waals surface area contributed by atoms with Crippen LogP contribution in [0.5, 0.6) is 0 Å². The number of nitrogens with zero attached hydrogens (tertiary/aromatic N) is 1. The number of imide groups is 1. The van der Waals surface area contributed by atoms with Crippen molar-refractivity contribution in [2.45, 2.75) is 63.5 Å². The van der Waals surface area contributed by atoms with E-state index in [9.17, 15) is 14.4 Å². The highest BCUT2D eigenvalue weighted by Gasteiger charge is 2.49. The predicted molar refractivity (Wildman–Crippen MR) is 116 cm³/mol. The van der Waals surface area contributed by atoms with Gasteiger partial charge < -0.3 is 10.6 Å². The number of benzene rings is 2. The molecule has 0 radical (unpaired) electrons. The van der Waals surface area contributed by atoms with Crippen molar-refractivity contribution in [3.8, 4) is 0 Å². The Morgan fingerprint density at radius 2 is 1.70 bits per heavy atom. The molecule has 4 rings (SSSR count). The minimum absolute atomic E-state index is 0.130. The van der Waals surface area contributed by atoms with Crippen molar-refractivity contribution < 1.29 is 14.4 Å². The summed E-state index contributed by atoms with van der Waals surface area (Å²) < 4.78 is 0. The van der Waals surface area contributed by atoms with Crippen molar-refractivity contribution in [3.05, 3.63) is 48.0 Å². The molecule has 2 fully saturated rings. The van der Waals surface area contributed by atoms with Crippen molar-refractivity contribution >= 4 is 28.6 Å². The molecule has 1 aliphatic carbocycles. The highest BCUT2D eigenvalue weighted by Crippen LogP contribution is 2.31. The first kappa shape index (κ1) is 20.4. The van der Waals surface area contributed by atoms with Crippen molar-refractivity contribution in [1.29, 1.82) is 0 Å². The average molecular weight is 408 g/mol. The van der Waals surface area contributed by atoms with Gasteiger partial charge in [0.1, 0.15) is 12.1 Å². The van der Waals surface area contributed by atoms with Gasteiger partial charge in [-0.25, -0.2) is 4.79 Å². The Bertz CT molecular complexity index is 965. The van der Waals surface area contributed by atoms with Crippen LogP contribution in [0.4, 0.5) is 4.79 Å². The van der Waals surface area contributed by atoms with E-state index in [1.807, 2.05) is 42.5 Å². The molecule has 4 amide bonds. The molecule has 30 heavy (non-hydrogen) atoms. The van der Waals surface area contributed by atoms with Gasteiger partial charge in [0.05, 0.1) is 0 Å². The third kappa shape index (κ3) is 4.04. The Morgan fingerprint density at radius 3 is 2.43 bits per heavy atom. The normalized spacial score (nSPS) is 23.2. The van der Waals surface area contributed by atoms with Gasteiger partial charge in [-0.05, 0) is 42.2 Å². The monoisotopic (exact) mass is 407 g/mol. The lowest BCUT2D eigenvalue weighted by molar-refractivity contribution is -0.135. The first-order valence-corrected chi connectivity index (χ1v) is 10.9. The molecule has 1 saturated heterocycles. The van der Waals surface area contributed by atoms with Gasteiger partial charge in [-0.15, -0.1) is 0 Å². The largest absolute Gasteiger partial charge is 0.352 e. The summed E-state index contributed by atoms with van der Waals surface area (Å²) >= 11 is 0. The molecule has 1 heterocycles. The smallest absolute Gasteiger partial charge is 0.325 e. The molecule has 1 unspecified atom stereocenters. The lowest BCUT2D eigenvalue weighted by Crippen LogP contribution is -2.45. The second kappa shape index (κ2) is 8.46. The molecule has 1 saturated carbocycles. The number of carbonyl (C=O) groups excluding carboxylic acids is 3. The predicted octanol–water partition coefficient (Wildman–Crippen LogP) is 3.84. The summed E-state index contributed by atoms with van der Waals surface area (Å²) in [5.41, 5.74) is -0.468. The van der Waals surface area contributed by atoms with Crippen LogP contribution in [0.2, 0.25) is 0 Å². The molecule has 158 valence electrons. The maximum absolute atomic E-state index is 13.2. The van der Waals surface area contributed by atoms with Gasteiger partial charge in [0, 0.05) is 6.04 Å². The van der Waals surface area contributed by atoms with Crippen molar-refractivity contribution in [2.24, 2.45) is 0 Å². The summed E-state index contributed by atoms with van der Waals surface area (Å²) in [7, 11) is 0. The molecule has 2 N–H and O–H groups in total. The third-order valence-corrected chi connectivity index (χ3v) is 6.37. The number of rotatable bonds is 4. The number of fused-ring (bicyclic) bond motifs is 1. The number of carbonyl (C=O) groups is 3. The van der Waals surface area contributed by atoms with E-state index in [2.05, 4.69) is 10.6 Å². The van der Waals surface area contributed by atoms with Crippen LogP contribution in [0.3, 0.4) is 0 Å². The summed E-state index contributed by atoms with van der Waals surface area (Å²) in [4.78, 5) is 39.4. The second-order valence-corrected chi connectivity index (χ2v) is 8.62. The molecule has 0 spiro atoms. The molecular weight excluding hydrogens is 378 g/mol. The zero-order valence-corrected chi connectivity index (χ0v) is 17.4. The Morgan fingerprint density at radius 1 is 1.03 bits per heavy atom. The Kier molecular flexibility index (Phi) is 5.75. The summed E-state index contributed by atoms with van der Waals surface area (Å²) in [5.74, 6) is -0.664. The van der Waals surface area contributed by atoms with Crippen molar-refractivity contribution in [1.82, 2.24) is 15.5 Å². The van der Waals surface area contributed by atoms with Gasteiger partial charge >= 0.3 is 6.03 Å². The van der Waals surface area contributed by atoms with Gasteiger partial charge in [-0.3, -0.25) is 14.5 Å². The molecule has 0 aromatic heterocycles. The maximum atomic E-state index is 13.2. The first-order chi connectivity index (χ1) is 14.5. The molecule has 6 nitrogen and oxygen atoms in total. The van der Waals surface area contributed by atoms with E-state index in [-0.39, 0.29) is 18.5 Å². The van der Waals surface area contributed by atoms with E-state index in [0.29, 0.717) is 5.56 Å². The minimum atomic E-state index is -1.18. The lowest BCUT2D eigenvalue weighted by Gasteiger charge is -2.24. The van der Waals surface area contributed by atoms with Crippen LogP contribution in [0.15, 0.2) is 42.5 Å². The van der Waals surface area contributed by atoms with Gasteiger partial charge in [0.2, 0.25) is 5.91 Å². The number of hydrogen-bond acceptors (Lipinski definition) is 3. The van der Waals surface area contributed by atoms with E-state index in [0.717, 1.165) is 41.4 Å². The van der Waals surface area contributed by atoms with E-state index < -0.39 is 17.5 Å². The lowest BCUT2D eigenvalue weighted by atomic mass is 9.90. The third-order valence-electron chi connectivity index (χ3n) is 6.37. The second-order valence-electron chi connectivity index (χ2n) is 8.62. The fraction of sp³-hybridized carbons (Fsp3) is 0.458. The topological polar surface area (TPSA) is 78.5 Å². The SMILES string of the molecule is CC1(c2ccc3ccccc3c2)NC(=O)N(CC(=O)NC2CCCCCCC2)C1=O. The van der Waals surface area contributed by atoms with Crippen LogP contribution in [0.25, 0.3) is 10.8 Å². The van der Waals surface area contributed by atoms with E-state index in [1.165, 1.54) is 19.3 Å². The molecule has 6 heteroatoms. The fourth-order valence-corrected chi connectivity index (χ4v) is 4.55. The molecule has 2 aromatic carbocycles. The number of amides is 4. The summed E-state index contributed by atoms with van der Waals surface area (Å²) in [5, 5.41) is 7.89. The first-order valence-electron chi connectivity index (χ1n) is 10.9. The summed E-state index contributed by atoms with van der Waals surface area (Å²) in [6, 6.07) is 13.2. The van der Waals surface area contributed by atoms with Crippen LogP contribution < -0.4 is 10.6 Å². The summed E-state index contributed by atoms with van der Waals surface area (Å²) in [6.45, 7) is 1.45. The molecule has 2 aliphatic rings. The van der Waals surface area contributed by atoms with Crippen LogP contribution in [-0.2, 0) is 15.1 Å². The van der Waals surface area contributed by atoms with Crippen molar-refractivity contribution in [3.63, 3.8) is 0 Å². The molecule has 2 aromatic rings. The zero-order chi connectivity index (χ0) is 21.1. The van der Waals surface area contributed by atoms with E-state index in [4.69, 9.17) is 0 Å². The highest BCUT2D eigenvalue weighted by molar-refractivity contribution is 6.09. The van der Waals surface area contributed by atoms with Crippen LogP contribution in [0.1, 0.15) is 57.4 Å². The summed E-state index contributed by atoms with van der Waals surface area (Å²) in [6.07, 6.45) is 7.78. The van der Waals surface area contributed by atoms with Gasteiger partial charge in [0.15, 0.2) is 0 Å². The van der Waals surface area contributed by atoms with Gasteiger partial charge in [0.25, 0.3) is 5.91 Å². The average Bonchev–Trinajstić information content (AvgIpc) is 2.93. The number of urea groups is 1. The van der Waals surface area contributed by atoms with Gasteiger partial charge in [-0.2, -0.15) is 0 Å². The standard InChI is InChI=1S/C24H29N3O3/c1-24(19-14-13-17-9-7-8-10-18(17)15-19)22(29)27(23(30)26-24)16-21(28)25-20-11-5-3-2-4-6-12-20/h7-10,13-15,20H,2-6,11-12,16H2,1H3,(H,25,28)(H,26,30). The quantitative estimate of drug-likeness (QED) is 0.756. The fourth-order valence-electron chi connectivity index (χ4n) is 4.55. The molecule has 0 bridgehead atoms. The number of nitrogens with one attached hydrogen (secondary N) is 2. The van der Waals surface area contributed by atoms with Crippen molar-refractivity contribution in [2.75, 3.05) is 6.54 Å². The zero-order valence-electron chi connectivity index (χ0n) is 17.4. The Hall–Kier alpha value is -2.89. The van der Waals surface area contributed by atoms with E-state index >= 15 is 0 Å². The van der Waals surface area contributed by atoms with E-state index in [1.54, 1.807) is 6.92 Å². The molecular formula is C24H29N3O3. The van der Waals surface area contributed by atoms with Gasteiger partial charge in [-0.1, -0.05) is 68.5 Å². The molecule has 1 aliphatic heterocycles. The Balaban J connectivity index is 1.46. The minimum Gasteiger partial charge on any atom is -0.352 e. The molecule has 1 atom stereocenters. The number of hydrogen-bond donors (Lipinski definition) is 2.